The van der Waals surface area contributed by atoms with Gasteiger partial charge in [-0.1, -0.05) is 5.92 Å². The second-order valence-electron chi connectivity index (χ2n) is 4.13. The fraction of sp³-hybridized carbons (Fsp3) is 0.0667. The van der Waals surface area contributed by atoms with E-state index >= 15 is 0 Å². The van der Waals surface area contributed by atoms with Crippen LogP contribution in [0.15, 0.2) is 36.5 Å². The van der Waals surface area contributed by atoms with Gasteiger partial charge in [0.15, 0.2) is 5.65 Å². The summed E-state index contributed by atoms with van der Waals surface area (Å²) in [7, 11) is 0. The number of H-pyrrole nitrogens is 1. The van der Waals surface area contributed by atoms with Crippen LogP contribution in [0.1, 0.15) is 0 Å². The van der Waals surface area contributed by atoms with Gasteiger partial charge in [0.05, 0.1) is 11.1 Å². The van der Waals surface area contributed by atoms with E-state index in [1.807, 2.05) is 12.1 Å². The molecule has 3 aromatic rings. The van der Waals surface area contributed by atoms with Crippen molar-refractivity contribution in [2.75, 3.05) is 6.61 Å². The fourth-order valence-corrected chi connectivity index (χ4v) is 1.90. The molecule has 0 saturated heterocycles. The Balaban J connectivity index is 1.99. The Kier molecular flexibility index (Phi) is 2.98. The Morgan fingerprint density at radius 2 is 2.25 bits per heavy atom. The van der Waals surface area contributed by atoms with Crippen LogP contribution >= 0.6 is 0 Å². The summed E-state index contributed by atoms with van der Waals surface area (Å²) in [6.07, 6.45) is 6.79. The number of ether oxygens (including phenoxy) is 1. The van der Waals surface area contributed by atoms with E-state index in [1.165, 1.54) is 6.07 Å². The first-order chi connectivity index (χ1) is 9.78. The molecular formula is C15H11N3O2. The number of imidazole rings is 1. The molecule has 0 unspecified atom stereocenters. The van der Waals surface area contributed by atoms with Gasteiger partial charge in [-0.05, 0) is 24.3 Å². The quantitative estimate of drug-likeness (QED) is 0.713. The molecule has 0 aliphatic rings. The highest BCUT2D eigenvalue weighted by molar-refractivity contribution is 5.77. The minimum Gasteiger partial charge on any atom is -0.507 e. The van der Waals surface area contributed by atoms with Gasteiger partial charge in [0.25, 0.3) is 0 Å². The highest BCUT2D eigenvalue weighted by Crippen LogP contribution is 2.31. The van der Waals surface area contributed by atoms with Gasteiger partial charge in [0.2, 0.25) is 0 Å². The molecule has 0 bridgehead atoms. The Morgan fingerprint density at radius 3 is 3.00 bits per heavy atom. The van der Waals surface area contributed by atoms with Gasteiger partial charge < -0.3 is 14.8 Å². The summed E-state index contributed by atoms with van der Waals surface area (Å²) in [4.78, 5) is 11.6. The average molecular weight is 265 g/mol. The minimum atomic E-state index is 0.0681. The number of nitrogens with one attached hydrogen (secondary N) is 1. The summed E-state index contributed by atoms with van der Waals surface area (Å²) in [6, 6.07) is 8.65. The van der Waals surface area contributed by atoms with Crippen molar-refractivity contribution >= 4 is 11.2 Å². The third-order valence-electron chi connectivity index (χ3n) is 2.80. The Labute approximate surface area is 115 Å². The number of nitrogens with zero attached hydrogens (tertiary/aromatic N) is 2. The fourth-order valence-electron chi connectivity index (χ4n) is 1.90. The predicted molar refractivity (Wildman–Crippen MR) is 75.3 cm³/mol. The Hall–Kier alpha value is -3.00. The number of benzene rings is 1. The lowest BCUT2D eigenvalue weighted by molar-refractivity contribution is 0.367. The van der Waals surface area contributed by atoms with Crippen molar-refractivity contribution in [3.63, 3.8) is 0 Å². The molecule has 20 heavy (non-hydrogen) atoms. The van der Waals surface area contributed by atoms with Gasteiger partial charge in [-0.25, -0.2) is 9.97 Å². The molecule has 2 heterocycles. The van der Waals surface area contributed by atoms with Crippen molar-refractivity contribution in [3.05, 3.63) is 36.5 Å². The van der Waals surface area contributed by atoms with Crippen LogP contribution in [0.3, 0.4) is 0 Å². The lowest BCUT2D eigenvalue weighted by atomic mass is 10.2. The van der Waals surface area contributed by atoms with Gasteiger partial charge in [-0.3, -0.25) is 0 Å². The first-order valence-electron chi connectivity index (χ1n) is 5.98. The van der Waals surface area contributed by atoms with E-state index in [-0.39, 0.29) is 12.4 Å². The van der Waals surface area contributed by atoms with Crippen LogP contribution < -0.4 is 4.74 Å². The van der Waals surface area contributed by atoms with Crippen molar-refractivity contribution in [2.24, 2.45) is 0 Å². The van der Waals surface area contributed by atoms with E-state index in [4.69, 9.17) is 11.2 Å². The van der Waals surface area contributed by atoms with Crippen molar-refractivity contribution in [3.8, 4) is 35.2 Å². The summed E-state index contributed by atoms with van der Waals surface area (Å²) in [6.45, 7) is 0.160. The third kappa shape index (κ3) is 2.15. The molecule has 2 N–H and O–H groups in total. The summed E-state index contributed by atoms with van der Waals surface area (Å²) >= 11 is 0. The number of terminal acetylenes is 1. The molecule has 0 fully saturated rings. The standard InChI is InChI=1S/C15H11N3O2/c1-2-8-20-10-5-6-11(13(19)9-10)14-17-12-4-3-7-16-15(12)18-14/h1,3-7,9,19H,8H2,(H,16,17,18). The molecule has 1 aromatic carbocycles. The van der Waals surface area contributed by atoms with Crippen molar-refractivity contribution in [1.82, 2.24) is 15.0 Å². The topological polar surface area (TPSA) is 71.0 Å². The summed E-state index contributed by atoms with van der Waals surface area (Å²) < 4.78 is 5.25. The molecule has 0 radical (unpaired) electrons. The van der Waals surface area contributed by atoms with Gasteiger partial charge in [0, 0.05) is 12.3 Å². The van der Waals surface area contributed by atoms with E-state index in [0.717, 1.165) is 5.52 Å². The number of aromatic amines is 1. The van der Waals surface area contributed by atoms with Crippen LogP contribution in [-0.2, 0) is 0 Å². The molecule has 0 aliphatic heterocycles. The summed E-state index contributed by atoms with van der Waals surface area (Å²) in [5, 5.41) is 10.1. The number of aromatic hydroxyl groups is 1. The van der Waals surface area contributed by atoms with Crippen LogP contribution in [0.25, 0.3) is 22.6 Å². The van der Waals surface area contributed by atoms with Crippen LogP contribution in [-0.4, -0.2) is 26.7 Å². The van der Waals surface area contributed by atoms with E-state index < -0.39 is 0 Å². The Morgan fingerprint density at radius 1 is 1.35 bits per heavy atom. The highest BCUT2D eigenvalue weighted by atomic mass is 16.5. The lowest BCUT2D eigenvalue weighted by Crippen LogP contribution is -1.93. The van der Waals surface area contributed by atoms with E-state index in [9.17, 15) is 5.11 Å². The zero-order valence-corrected chi connectivity index (χ0v) is 10.5. The van der Waals surface area contributed by atoms with Crippen LogP contribution in [0.2, 0.25) is 0 Å². The highest BCUT2D eigenvalue weighted by Gasteiger charge is 2.11. The predicted octanol–water partition coefficient (Wildman–Crippen LogP) is 2.34. The molecular weight excluding hydrogens is 254 g/mol. The SMILES string of the molecule is C#CCOc1ccc(-c2nc3ncccc3[nH]2)c(O)c1. The maximum absolute atomic E-state index is 10.1. The first kappa shape index (κ1) is 12.1. The second-order valence-corrected chi connectivity index (χ2v) is 4.13. The van der Waals surface area contributed by atoms with Crippen molar-refractivity contribution < 1.29 is 9.84 Å². The molecule has 3 rings (SSSR count). The maximum atomic E-state index is 10.1. The minimum absolute atomic E-state index is 0.0681. The van der Waals surface area contributed by atoms with E-state index in [2.05, 4.69) is 20.9 Å². The smallest absolute Gasteiger partial charge is 0.178 e. The van der Waals surface area contributed by atoms with Gasteiger partial charge >= 0.3 is 0 Å². The van der Waals surface area contributed by atoms with Gasteiger partial charge in [-0.15, -0.1) is 6.42 Å². The second kappa shape index (κ2) is 4.94. The molecule has 0 atom stereocenters. The molecule has 0 amide bonds. The van der Waals surface area contributed by atoms with E-state index in [1.54, 1.807) is 18.3 Å². The number of fused-ring (bicyclic) bond motifs is 1. The zero-order chi connectivity index (χ0) is 13.9. The largest absolute Gasteiger partial charge is 0.507 e. The van der Waals surface area contributed by atoms with Crippen molar-refractivity contribution in [1.29, 1.82) is 0 Å². The summed E-state index contributed by atoms with van der Waals surface area (Å²) in [5.41, 5.74) is 2.00. The third-order valence-corrected chi connectivity index (χ3v) is 2.80. The Bertz CT molecular complexity index is 769. The molecule has 0 saturated carbocycles. The molecule has 2 aromatic heterocycles. The van der Waals surface area contributed by atoms with Crippen molar-refractivity contribution in [2.45, 2.75) is 0 Å². The van der Waals surface area contributed by atoms with Gasteiger partial charge in [-0.2, -0.15) is 0 Å². The average Bonchev–Trinajstić information content (AvgIpc) is 2.88. The maximum Gasteiger partial charge on any atom is 0.178 e. The number of phenols is 1. The number of phenolic OH excluding ortho intramolecular Hbond substituents is 1. The normalized spacial score (nSPS) is 10.3. The molecule has 98 valence electrons. The van der Waals surface area contributed by atoms with E-state index in [0.29, 0.717) is 22.8 Å². The number of rotatable bonds is 3. The first-order valence-corrected chi connectivity index (χ1v) is 5.98. The molecule has 5 heteroatoms. The lowest BCUT2D eigenvalue weighted by Gasteiger charge is -2.05. The molecule has 0 spiro atoms. The molecule has 0 aliphatic carbocycles. The molecule has 5 nitrogen and oxygen atoms in total. The summed E-state index contributed by atoms with van der Waals surface area (Å²) in [5.74, 6) is 3.50. The number of hydrogen-bond acceptors (Lipinski definition) is 4. The van der Waals surface area contributed by atoms with Crippen LogP contribution in [0.4, 0.5) is 0 Å². The van der Waals surface area contributed by atoms with Crippen LogP contribution in [0.5, 0.6) is 11.5 Å². The van der Waals surface area contributed by atoms with Crippen LogP contribution in [0, 0.1) is 12.3 Å². The number of pyridine rings is 1. The van der Waals surface area contributed by atoms with Gasteiger partial charge in [0.1, 0.15) is 23.9 Å². The number of aromatic nitrogens is 3. The number of hydrogen-bond donors (Lipinski definition) is 2. The monoisotopic (exact) mass is 265 g/mol. The zero-order valence-electron chi connectivity index (χ0n) is 10.5.